The Bertz CT molecular complexity index is 1230. The van der Waals surface area contributed by atoms with Crippen molar-refractivity contribution in [3.8, 4) is 17.0 Å². The van der Waals surface area contributed by atoms with Gasteiger partial charge < -0.3 is 15.0 Å². The van der Waals surface area contributed by atoms with Crippen LogP contribution in [0.3, 0.4) is 0 Å². The molecule has 4 rings (SSSR count). The standard InChI is InChI=1S/C28H35N3O3S/c1-27(2,3)20-13-19(14-21(24(20)33)28(4,5)6)22-16-35-25(30-22)17-9-11-31(12-10-17)26(34)18-7-8-23(32)29-15-18/h7-8,13-17,33H,9-12H2,1-6H3,(H,29,32). The Morgan fingerprint density at radius 2 is 1.66 bits per heavy atom. The lowest BCUT2D eigenvalue weighted by atomic mass is 9.78. The fourth-order valence-electron chi connectivity index (χ4n) is 4.59. The van der Waals surface area contributed by atoms with Gasteiger partial charge in [0, 0.05) is 53.3 Å². The first kappa shape index (κ1) is 25.2. The quantitative estimate of drug-likeness (QED) is 0.481. The molecule has 1 amide bonds. The third kappa shape index (κ3) is 5.35. The van der Waals surface area contributed by atoms with Crippen LogP contribution in [0.15, 0.2) is 40.6 Å². The molecule has 3 heterocycles. The molecule has 1 aliphatic rings. The van der Waals surface area contributed by atoms with Crippen LogP contribution >= 0.6 is 11.3 Å². The van der Waals surface area contributed by atoms with Gasteiger partial charge in [-0.3, -0.25) is 9.59 Å². The molecule has 1 aromatic carbocycles. The SMILES string of the molecule is CC(C)(C)c1cc(-c2csc(C3CCN(C(=O)c4ccc(=O)[nH]c4)CC3)n2)cc(C(C)(C)C)c1O. The first-order valence-electron chi connectivity index (χ1n) is 12.2. The van der Waals surface area contributed by atoms with Crippen molar-refractivity contribution in [2.45, 2.75) is 71.1 Å². The van der Waals surface area contributed by atoms with Gasteiger partial charge in [0.05, 0.1) is 16.3 Å². The van der Waals surface area contributed by atoms with Crippen molar-refractivity contribution >= 4 is 17.2 Å². The number of nitrogens with zero attached hydrogens (tertiary/aromatic N) is 2. The maximum absolute atomic E-state index is 12.8. The number of carbonyl (C=O) groups is 1. The number of aromatic nitrogens is 2. The van der Waals surface area contributed by atoms with E-state index < -0.39 is 0 Å². The predicted molar refractivity (Wildman–Crippen MR) is 142 cm³/mol. The Hall–Kier alpha value is -2.93. The van der Waals surface area contributed by atoms with Crippen LogP contribution in [-0.4, -0.2) is 39.0 Å². The molecule has 186 valence electrons. The summed E-state index contributed by atoms with van der Waals surface area (Å²) in [6.45, 7) is 14.0. The predicted octanol–water partition coefficient (Wildman–Crippen LogP) is 5.82. The number of piperidine rings is 1. The number of thiazole rings is 1. The lowest BCUT2D eigenvalue weighted by molar-refractivity contribution is 0.0712. The second-order valence-electron chi connectivity index (χ2n) is 11.5. The minimum atomic E-state index is -0.210. The monoisotopic (exact) mass is 493 g/mol. The maximum Gasteiger partial charge on any atom is 0.255 e. The van der Waals surface area contributed by atoms with Crippen LogP contribution in [0, 0.1) is 0 Å². The number of carbonyl (C=O) groups excluding carboxylic acids is 1. The van der Waals surface area contributed by atoms with Gasteiger partial charge in [-0.25, -0.2) is 4.98 Å². The molecule has 0 spiro atoms. The van der Waals surface area contributed by atoms with Crippen LogP contribution in [0.2, 0.25) is 0 Å². The summed E-state index contributed by atoms with van der Waals surface area (Å²) in [5.74, 6) is 0.645. The van der Waals surface area contributed by atoms with Crippen LogP contribution in [0.25, 0.3) is 11.3 Å². The zero-order valence-corrected chi connectivity index (χ0v) is 22.3. The molecule has 0 bridgehead atoms. The van der Waals surface area contributed by atoms with E-state index in [-0.39, 0.29) is 22.3 Å². The Balaban J connectivity index is 1.54. The van der Waals surface area contributed by atoms with Crippen molar-refractivity contribution in [2.75, 3.05) is 13.1 Å². The van der Waals surface area contributed by atoms with Gasteiger partial charge in [0.1, 0.15) is 5.75 Å². The number of aromatic amines is 1. The second kappa shape index (κ2) is 9.26. The van der Waals surface area contributed by atoms with E-state index in [2.05, 4.69) is 64.0 Å². The normalized spacial score (nSPS) is 15.4. The van der Waals surface area contributed by atoms with Gasteiger partial charge in [0.2, 0.25) is 5.56 Å². The number of hydrogen-bond acceptors (Lipinski definition) is 5. The summed E-state index contributed by atoms with van der Waals surface area (Å²) in [5, 5.41) is 14.2. The van der Waals surface area contributed by atoms with E-state index in [1.165, 1.54) is 12.3 Å². The van der Waals surface area contributed by atoms with Gasteiger partial charge in [0.25, 0.3) is 5.91 Å². The van der Waals surface area contributed by atoms with E-state index in [9.17, 15) is 14.7 Å². The molecule has 35 heavy (non-hydrogen) atoms. The van der Waals surface area contributed by atoms with Crippen molar-refractivity contribution < 1.29 is 9.90 Å². The number of pyridine rings is 1. The van der Waals surface area contributed by atoms with Gasteiger partial charge in [-0.15, -0.1) is 11.3 Å². The molecule has 1 saturated heterocycles. The zero-order valence-electron chi connectivity index (χ0n) is 21.4. The number of aromatic hydroxyl groups is 1. The number of H-pyrrole nitrogens is 1. The minimum Gasteiger partial charge on any atom is -0.507 e. The summed E-state index contributed by atoms with van der Waals surface area (Å²) < 4.78 is 0. The highest BCUT2D eigenvalue weighted by Crippen LogP contribution is 2.42. The number of likely N-dealkylation sites (tertiary alicyclic amines) is 1. The Morgan fingerprint density at radius 3 is 2.17 bits per heavy atom. The van der Waals surface area contributed by atoms with Crippen LogP contribution in [0.4, 0.5) is 0 Å². The topological polar surface area (TPSA) is 86.3 Å². The van der Waals surface area contributed by atoms with E-state index in [4.69, 9.17) is 4.98 Å². The van der Waals surface area contributed by atoms with Crippen molar-refractivity contribution in [1.82, 2.24) is 14.9 Å². The molecule has 3 aromatic rings. The summed E-state index contributed by atoms with van der Waals surface area (Å²) in [6, 6.07) is 7.12. The molecule has 0 saturated carbocycles. The van der Waals surface area contributed by atoms with E-state index in [0.717, 1.165) is 40.2 Å². The smallest absolute Gasteiger partial charge is 0.255 e. The van der Waals surface area contributed by atoms with Crippen molar-refractivity contribution in [2.24, 2.45) is 0 Å². The number of amides is 1. The highest BCUT2D eigenvalue weighted by Gasteiger charge is 2.29. The third-order valence-corrected chi connectivity index (χ3v) is 7.71. The maximum atomic E-state index is 12.8. The number of rotatable bonds is 3. The van der Waals surface area contributed by atoms with Gasteiger partial charge in [-0.2, -0.15) is 0 Å². The van der Waals surface area contributed by atoms with Crippen LogP contribution in [-0.2, 0) is 10.8 Å². The lowest BCUT2D eigenvalue weighted by Crippen LogP contribution is -2.38. The molecule has 6 nitrogen and oxygen atoms in total. The van der Waals surface area contributed by atoms with E-state index >= 15 is 0 Å². The molecule has 0 atom stereocenters. The first-order valence-corrected chi connectivity index (χ1v) is 13.0. The van der Waals surface area contributed by atoms with Crippen molar-refractivity contribution in [3.63, 3.8) is 0 Å². The summed E-state index contributed by atoms with van der Waals surface area (Å²) in [5.41, 5.74) is 3.76. The highest BCUT2D eigenvalue weighted by atomic mass is 32.1. The molecule has 2 N–H and O–H groups in total. The van der Waals surface area contributed by atoms with Crippen molar-refractivity contribution in [3.05, 3.63) is 67.9 Å². The largest absolute Gasteiger partial charge is 0.507 e. The van der Waals surface area contributed by atoms with Gasteiger partial charge in [-0.05, 0) is 41.9 Å². The molecule has 1 aliphatic heterocycles. The average Bonchev–Trinajstić information content (AvgIpc) is 3.28. The van der Waals surface area contributed by atoms with Crippen LogP contribution in [0.5, 0.6) is 5.75 Å². The third-order valence-electron chi connectivity index (χ3n) is 6.71. The highest BCUT2D eigenvalue weighted by molar-refractivity contribution is 7.10. The zero-order chi connectivity index (χ0) is 25.5. The van der Waals surface area contributed by atoms with Crippen LogP contribution < -0.4 is 5.56 Å². The molecular formula is C28H35N3O3S. The fraction of sp³-hybridized carbons (Fsp3) is 0.464. The minimum absolute atomic E-state index is 0.0481. The van der Waals surface area contributed by atoms with Gasteiger partial charge >= 0.3 is 0 Å². The van der Waals surface area contributed by atoms with Crippen LogP contribution in [0.1, 0.15) is 86.8 Å². The summed E-state index contributed by atoms with van der Waals surface area (Å²) in [4.78, 5) is 33.5. The summed E-state index contributed by atoms with van der Waals surface area (Å²) >= 11 is 1.67. The average molecular weight is 494 g/mol. The van der Waals surface area contributed by atoms with Gasteiger partial charge in [0.15, 0.2) is 0 Å². The number of benzene rings is 1. The molecular weight excluding hydrogens is 458 g/mol. The Morgan fingerprint density at radius 1 is 1.06 bits per heavy atom. The molecule has 1 fully saturated rings. The molecule has 7 heteroatoms. The van der Waals surface area contributed by atoms with Gasteiger partial charge in [-0.1, -0.05) is 41.5 Å². The summed E-state index contributed by atoms with van der Waals surface area (Å²) in [7, 11) is 0. The van der Waals surface area contributed by atoms with E-state index in [1.807, 2.05) is 4.90 Å². The first-order chi connectivity index (χ1) is 16.3. The number of nitrogens with one attached hydrogen (secondary N) is 1. The Kier molecular flexibility index (Phi) is 6.66. The molecule has 0 aliphatic carbocycles. The van der Waals surface area contributed by atoms with E-state index in [0.29, 0.717) is 30.3 Å². The van der Waals surface area contributed by atoms with E-state index in [1.54, 1.807) is 17.4 Å². The van der Waals surface area contributed by atoms with Crippen molar-refractivity contribution in [1.29, 1.82) is 0 Å². The Labute approximate surface area is 211 Å². The second-order valence-corrected chi connectivity index (χ2v) is 12.4. The fourth-order valence-corrected chi connectivity index (χ4v) is 5.59. The lowest BCUT2D eigenvalue weighted by Gasteiger charge is -2.31. The number of phenols is 1. The number of phenolic OH excluding ortho intramolecular Hbond substituents is 1. The molecule has 2 aromatic heterocycles. The number of hydrogen-bond donors (Lipinski definition) is 2. The molecule has 0 unspecified atom stereocenters. The molecule has 0 radical (unpaired) electrons. The summed E-state index contributed by atoms with van der Waals surface area (Å²) in [6.07, 6.45) is 3.20.